The standard InChI is InChI=1S/C24H28N4O6S/c1-17-23(24(30)28(26(17)2)18-8-5-4-6-9-18)25-22(29)10-7-13-27(35(3,31)32)19-11-12-20-21(16-19)34-15-14-33-20/h4-6,8-9,11-12,16H,7,10,13-15H2,1-3H3,(H,25,29). The van der Waals surface area contributed by atoms with Gasteiger partial charge in [0.25, 0.3) is 5.56 Å². The molecule has 0 saturated carbocycles. The van der Waals surface area contributed by atoms with Crippen LogP contribution in [0.5, 0.6) is 11.5 Å². The maximum absolute atomic E-state index is 13.0. The first-order chi connectivity index (χ1) is 16.7. The summed E-state index contributed by atoms with van der Waals surface area (Å²) >= 11 is 0. The molecular formula is C24H28N4O6S. The first-order valence-electron chi connectivity index (χ1n) is 11.2. The molecule has 1 aliphatic rings. The van der Waals surface area contributed by atoms with E-state index in [1.54, 1.807) is 36.9 Å². The van der Waals surface area contributed by atoms with Crippen molar-refractivity contribution >= 4 is 27.3 Å². The molecule has 0 aliphatic carbocycles. The topological polar surface area (TPSA) is 112 Å². The van der Waals surface area contributed by atoms with Crippen LogP contribution >= 0.6 is 0 Å². The second-order valence-electron chi connectivity index (χ2n) is 8.25. The van der Waals surface area contributed by atoms with Crippen molar-refractivity contribution in [3.8, 4) is 17.2 Å². The largest absolute Gasteiger partial charge is 0.486 e. The molecule has 35 heavy (non-hydrogen) atoms. The van der Waals surface area contributed by atoms with Crippen LogP contribution in [0.3, 0.4) is 0 Å². The molecule has 0 unspecified atom stereocenters. The summed E-state index contributed by atoms with van der Waals surface area (Å²) in [5.74, 6) is 0.674. The highest BCUT2D eigenvalue weighted by molar-refractivity contribution is 7.92. The number of ether oxygens (including phenoxy) is 2. The number of carbonyl (C=O) groups is 1. The number of sulfonamides is 1. The Morgan fingerprint density at radius 1 is 1.09 bits per heavy atom. The fraction of sp³-hybridized carbons (Fsp3) is 0.333. The number of benzene rings is 2. The molecule has 0 spiro atoms. The van der Waals surface area contributed by atoms with Crippen LogP contribution in [0.25, 0.3) is 5.69 Å². The second kappa shape index (κ2) is 9.87. The molecule has 2 aromatic carbocycles. The van der Waals surface area contributed by atoms with E-state index in [0.717, 1.165) is 6.26 Å². The number of rotatable bonds is 8. The van der Waals surface area contributed by atoms with Crippen molar-refractivity contribution in [1.82, 2.24) is 9.36 Å². The van der Waals surface area contributed by atoms with Crippen LogP contribution in [-0.2, 0) is 21.9 Å². The number of hydrogen-bond donors (Lipinski definition) is 1. The lowest BCUT2D eigenvalue weighted by molar-refractivity contribution is -0.116. The van der Waals surface area contributed by atoms with E-state index >= 15 is 0 Å². The lowest BCUT2D eigenvalue weighted by atomic mass is 10.2. The quantitative estimate of drug-likeness (QED) is 0.509. The Morgan fingerprint density at radius 3 is 2.46 bits per heavy atom. The lowest BCUT2D eigenvalue weighted by Crippen LogP contribution is -2.31. The van der Waals surface area contributed by atoms with E-state index in [4.69, 9.17) is 9.47 Å². The number of carbonyl (C=O) groups excluding carboxylic acids is 1. The molecule has 1 amide bonds. The van der Waals surface area contributed by atoms with Gasteiger partial charge in [0.05, 0.1) is 23.3 Å². The molecule has 0 atom stereocenters. The van der Waals surface area contributed by atoms with Gasteiger partial charge in [-0.05, 0) is 37.6 Å². The zero-order valence-electron chi connectivity index (χ0n) is 19.9. The Bertz CT molecular complexity index is 1400. The third-order valence-electron chi connectivity index (χ3n) is 5.80. The van der Waals surface area contributed by atoms with E-state index in [1.807, 2.05) is 30.3 Å². The van der Waals surface area contributed by atoms with Crippen molar-refractivity contribution in [1.29, 1.82) is 0 Å². The minimum Gasteiger partial charge on any atom is -0.486 e. The summed E-state index contributed by atoms with van der Waals surface area (Å²) in [6.07, 6.45) is 1.41. The minimum atomic E-state index is -3.60. The summed E-state index contributed by atoms with van der Waals surface area (Å²) in [5, 5.41) is 2.71. The van der Waals surface area contributed by atoms with E-state index in [1.165, 1.54) is 8.99 Å². The monoisotopic (exact) mass is 500 g/mol. The average Bonchev–Trinajstić information content (AvgIpc) is 3.04. The van der Waals surface area contributed by atoms with E-state index in [2.05, 4.69) is 5.32 Å². The van der Waals surface area contributed by atoms with Gasteiger partial charge in [-0.3, -0.25) is 18.6 Å². The smallest absolute Gasteiger partial charge is 0.295 e. The van der Waals surface area contributed by atoms with Crippen molar-refractivity contribution in [2.45, 2.75) is 19.8 Å². The summed E-state index contributed by atoms with van der Waals surface area (Å²) in [6.45, 7) is 2.67. The van der Waals surface area contributed by atoms with E-state index in [-0.39, 0.29) is 36.5 Å². The highest BCUT2D eigenvalue weighted by Gasteiger charge is 2.22. The number of nitrogens with one attached hydrogen (secondary N) is 1. The molecule has 2 heterocycles. The predicted octanol–water partition coefficient (Wildman–Crippen LogP) is 2.44. The van der Waals surface area contributed by atoms with Gasteiger partial charge in [0.2, 0.25) is 15.9 Å². The van der Waals surface area contributed by atoms with Gasteiger partial charge >= 0.3 is 0 Å². The van der Waals surface area contributed by atoms with Gasteiger partial charge in [-0.15, -0.1) is 0 Å². The molecule has 4 rings (SSSR count). The molecule has 11 heteroatoms. The Morgan fingerprint density at radius 2 is 1.77 bits per heavy atom. The van der Waals surface area contributed by atoms with Crippen molar-refractivity contribution < 1.29 is 22.7 Å². The summed E-state index contributed by atoms with van der Waals surface area (Å²) in [7, 11) is -1.85. The molecule has 0 bridgehead atoms. The Balaban J connectivity index is 1.44. The molecule has 0 saturated heterocycles. The van der Waals surface area contributed by atoms with Gasteiger partial charge in [0.1, 0.15) is 18.9 Å². The number of nitrogens with zero attached hydrogens (tertiary/aromatic N) is 3. The lowest BCUT2D eigenvalue weighted by Gasteiger charge is -2.25. The highest BCUT2D eigenvalue weighted by atomic mass is 32.2. The molecule has 3 aromatic rings. The molecular weight excluding hydrogens is 472 g/mol. The van der Waals surface area contributed by atoms with Gasteiger partial charge in [0.15, 0.2) is 11.5 Å². The molecule has 1 N–H and O–H groups in total. The number of amides is 1. The van der Waals surface area contributed by atoms with Gasteiger partial charge < -0.3 is 14.8 Å². The molecule has 1 aliphatic heterocycles. The van der Waals surface area contributed by atoms with Crippen molar-refractivity contribution in [2.24, 2.45) is 7.05 Å². The van der Waals surface area contributed by atoms with Crippen LogP contribution in [0.15, 0.2) is 53.3 Å². The molecule has 0 radical (unpaired) electrons. The highest BCUT2D eigenvalue weighted by Crippen LogP contribution is 2.34. The van der Waals surface area contributed by atoms with Crippen LogP contribution < -0.4 is 24.7 Å². The summed E-state index contributed by atoms with van der Waals surface area (Å²) in [4.78, 5) is 25.6. The van der Waals surface area contributed by atoms with Gasteiger partial charge in [0, 0.05) is 26.1 Å². The molecule has 186 valence electrons. The maximum Gasteiger partial charge on any atom is 0.295 e. The van der Waals surface area contributed by atoms with Crippen LogP contribution in [0, 0.1) is 6.92 Å². The summed E-state index contributed by atoms with van der Waals surface area (Å²) in [6, 6.07) is 14.1. The first kappa shape index (κ1) is 24.4. The van der Waals surface area contributed by atoms with Crippen molar-refractivity contribution in [2.75, 3.05) is 35.6 Å². The molecule has 1 aromatic heterocycles. The Hall–Kier alpha value is -3.73. The van der Waals surface area contributed by atoms with E-state index in [9.17, 15) is 18.0 Å². The van der Waals surface area contributed by atoms with E-state index in [0.29, 0.717) is 41.8 Å². The zero-order valence-corrected chi connectivity index (χ0v) is 20.7. The van der Waals surface area contributed by atoms with Crippen LogP contribution in [-0.4, -0.2) is 49.7 Å². The van der Waals surface area contributed by atoms with E-state index < -0.39 is 10.0 Å². The van der Waals surface area contributed by atoms with Gasteiger partial charge in [-0.1, -0.05) is 18.2 Å². The third kappa shape index (κ3) is 5.19. The normalized spacial score (nSPS) is 12.9. The summed E-state index contributed by atoms with van der Waals surface area (Å²) in [5.41, 5.74) is 1.60. The van der Waals surface area contributed by atoms with Crippen molar-refractivity contribution in [3.63, 3.8) is 0 Å². The maximum atomic E-state index is 13.0. The number of hydrogen-bond acceptors (Lipinski definition) is 6. The minimum absolute atomic E-state index is 0.0374. The summed E-state index contributed by atoms with van der Waals surface area (Å²) < 4.78 is 40.3. The second-order valence-corrected chi connectivity index (χ2v) is 10.2. The van der Waals surface area contributed by atoms with Gasteiger partial charge in [-0.2, -0.15) is 0 Å². The van der Waals surface area contributed by atoms with Crippen LogP contribution in [0.2, 0.25) is 0 Å². The number of aromatic nitrogens is 2. The number of anilines is 2. The molecule has 10 nitrogen and oxygen atoms in total. The zero-order chi connectivity index (χ0) is 25.2. The number of fused-ring (bicyclic) bond motifs is 1. The molecule has 0 fully saturated rings. The van der Waals surface area contributed by atoms with Crippen molar-refractivity contribution in [3.05, 3.63) is 64.6 Å². The Kier molecular flexibility index (Phi) is 6.88. The Labute approximate surface area is 203 Å². The van der Waals surface area contributed by atoms with Gasteiger partial charge in [-0.25, -0.2) is 13.1 Å². The SMILES string of the molecule is Cc1c(NC(=O)CCCN(c2ccc3c(c2)OCCO3)S(C)(=O)=O)c(=O)n(-c2ccccc2)n1C. The fourth-order valence-corrected chi connectivity index (χ4v) is 4.93. The third-order valence-corrected chi connectivity index (χ3v) is 6.99. The first-order valence-corrected chi connectivity index (χ1v) is 13.0. The fourth-order valence-electron chi connectivity index (χ4n) is 3.97. The van der Waals surface area contributed by atoms with Crippen LogP contribution in [0.4, 0.5) is 11.4 Å². The number of para-hydroxylation sites is 1. The average molecular weight is 501 g/mol. The van der Waals surface area contributed by atoms with Crippen LogP contribution in [0.1, 0.15) is 18.5 Å². The predicted molar refractivity (Wildman–Crippen MR) is 133 cm³/mol.